The van der Waals surface area contributed by atoms with Gasteiger partial charge in [-0.15, -0.1) is 0 Å². The molecule has 5 aromatic rings. The summed E-state index contributed by atoms with van der Waals surface area (Å²) in [6.07, 6.45) is 2.71. The van der Waals surface area contributed by atoms with Gasteiger partial charge in [-0.05, 0) is 99.1 Å². The second-order valence-electron chi connectivity index (χ2n) is 27.3. The Morgan fingerprint density at radius 2 is 1.00 bits per heavy atom. The van der Waals surface area contributed by atoms with E-state index in [9.17, 15) is 78.0 Å². The van der Waals surface area contributed by atoms with E-state index in [2.05, 4.69) is 46.9 Å². The van der Waals surface area contributed by atoms with Gasteiger partial charge >= 0.3 is 39.3 Å². The Labute approximate surface area is 635 Å². The number of carbonyl (C=O) groups excluding carboxylic acids is 9. The SMILES string of the molecule is CCC1(C(=O)O)CC(=O)OB([C@H](CC(C)C)NC(=O)CNC(=O)c2cc(Cl)ccc2Cl)O1.CCC1(C(=O)O)CC(=O)OB([C@H](CC(C)C)NC(=O)[C@@H](NC(=O)c2cccc(-c3ccccc3)n2)[C@@H](C)O)O1.CCC1(C(=O)O)CC(=O)OB([C@H](CC(C)C)NC(=O)[C@H](Cc2ccccc2)NC(=O)c2cnccn2)O1. The lowest BCUT2D eigenvalue weighted by atomic mass is 9.70. The monoisotopic (exact) mass is 1540 g/mol. The van der Waals surface area contributed by atoms with Crippen molar-refractivity contribution >= 4 is 116 Å². The molecule has 9 atom stereocenters. The number of nitrogens with one attached hydrogen (secondary N) is 6. The highest BCUT2D eigenvalue weighted by molar-refractivity contribution is 6.51. The lowest BCUT2D eigenvalue weighted by Gasteiger charge is -2.38. The van der Waals surface area contributed by atoms with Gasteiger partial charge in [-0.1, -0.05) is 152 Å². The van der Waals surface area contributed by atoms with Gasteiger partial charge in [-0.3, -0.25) is 48.1 Å². The number of hydrogen-bond donors (Lipinski definition) is 10. The molecule has 6 amide bonds. The molecule has 3 saturated heterocycles. The molecule has 5 heterocycles. The summed E-state index contributed by atoms with van der Waals surface area (Å²) in [4.78, 5) is 162. The number of rotatable bonds is 31. The Morgan fingerprint density at radius 1 is 0.537 bits per heavy atom. The van der Waals surface area contributed by atoms with Crippen LogP contribution in [0.15, 0.2) is 116 Å². The molecular weight excluding hydrogens is 1450 g/mol. The topological polar surface area (TPSA) is 452 Å². The number of aliphatic carboxylic acids is 3. The first-order valence-corrected chi connectivity index (χ1v) is 35.9. The van der Waals surface area contributed by atoms with Crippen molar-refractivity contribution in [3.05, 3.63) is 148 Å². The van der Waals surface area contributed by atoms with Crippen LogP contribution < -0.4 is 31.9 Å². The quantitative estimate of drug-likeness (QED) is 0.0226. The lowest BCUT2D eigenvalue weighted by molar-refractivity contribution is -0.171. The highest BCUT2D eigenvalue weighted by Gasteiger charge is 2.56. The van der Waals surface area contributed by atoms with Gasteiger partial charge in [0.25, 0.3) is 35.6 Å². The van der Waals surface area contributed by atoms with Crippen LogP contribution in [-0.4, -0.2) is 187 Å². The summed E-state index contributed by atoms with van der Waals surface area (Å²) in [5, 5.41) is 55.8. The second-order valence-corrected chi connectivity index (χ2v) is 28.1. The largest absolute Gasteiger partial charge is 0.552 e. The van der Waals surface area contributed by atoms with E-state index in [1.165, 1.54) is 49.8 Å². The van der Waals surface area contributed by atoms with Gasteiger partial charge in [0.1, 0.15) is 23.5 Å². The van der Waals surface area contributed by atoms with Gasteiger partial charge in [0.15, 0.2) is 16.8 Å². The summed E-state index contributed by atoms with van der Waals surface area (Å²) in [7, 11) is -3.96. The zero-order chi connectivity index (χ0) is 79.8. The van der Waals surface area contributed by atoms with Crippen molar-refractivity contribution in [2.24, 2.45) is 17.8 Å². The third-order valence-corrected chi connectivity index (χ3v) is 18.1. The first kappa shape index (κ1) is 87.1. The van der Waals surface area contributed by atoms with Gasteiger partial charge in [-0.25, -0.2) is 24.4 Å². The highest BCUT2D eigenvalue weighted by atomic mass is 35.5. The van der Waals surface area contributed by atoms with Crippen LogP contribution in [-0.2, 0) is 77.5 Å². The maximum atomic E-state index is 13.5. The van der Waals surface area contributed by atoms with Gasteiger partial charge in [-0.2, -0.15) is 0 Å². The zero-order valence-corrected chi connectivity index (χ0v) is 62.9. The molecule has 3 fully saturated rings. The summed E-state index contributed by atoms with van der Waals surface area (Å²) in [6.45, 7) is 17.1. The van der Waals surface area contributed by atoms with Crippen molar-refractivity contribution in [2.75, 3.05) is 6.54 Å². The van der Waals surface area contributed by atoms with Crippen molar-refractivity contribution in [3.63, 3.8) is 0 Å². The molecule has 3 unspecified atom stereocenters. The minimum atomic E-state index is -1.78. The first-order chi connectivity index (χ1) is 51.0. The van der Waals surface area contributed by atoms with Gasteiger partial charge < -0.3 is 80.3 Å². The molecule has 0 radical (unpaired) electrons. The number of carboxylic acids is 3. The van der Waals surface area contributed by atoms with Crippen molar-refractivity contribution in [2.45, 2.75) is 186 Å². The predicted octanol–water partition coefficient (Wildman–Crippen LogP) is 6.03. The van der Waals surface area contributed by atoms with Crippen LogP contribution in [0.25, 0.3) is 11.3 Å². The smallest absolute Gasteiger partial charge is 0.508 e. The molecule has 3 aliphatic rings. The standard InChI is InChI=1S/C27H34BN3O8.C25H31BN4O7.C20H25BCl2N2O7/c1-5-27(26(36)37)15-22(33)38-28(39-27)21(14-16(2)3)30-25(35)23(17(4)32)31-24(34)20-13-9-12-19(29-20)18-10-7-6-8-11-18;1-4-25(24(34)35)14-21(31)36-26(37-25)20(12-16(2)3)30-22(32)18(13-17-8-6-5-7-9-17)29-23(33)19-15-27-10-11-28-19;1-4-20(19(29)30)9-17(27)31-21(32-20)15(7-11(2)3)25-16(26)10-24-18(28)13-8-12(22)5-6-14(13)23/h6-13,16-17,21,23,32H,5,14-15H2,1-4H3,(H,30,35)(H,31,34)(H,36,37);5-11,15-16,18,20H,4,12-14H2,1-3H3,(H,29,33)(H,30,32)(H,34,35);5-6,8,11,15H,4,7,9-10H2,1-3H3,(H,24,28)(H,25,26)(H,29,30)/t17-,21+,23+,27?;18-,20-,25?;15-,20?/m100/s1. The molecule has 0 saturated carbocycles. The van der Waals surface area contributed by atoms with E-state index < -0.39 is 171 Å². The second kappa shape index (κ2) is 40.4. The van der Waals surface area contributed by atoms with E-state index in [4.69, 9.17) is 51.1 Å². The van der Waals surface area contributed by atoms with E-state index in [0.29, 0.717) is 23.6 Å². The van der Waals surface area contributed by atoms with Crippen LogP contribution in [0.5, 0.6) is 0 Å². The van der Waals surface area contributed by atoms with E-state index in [1.807, 2.05) is 102 Å². The van der Waals surface area contributed by atoms with E-state index in [-0.39, 0.29) is 71.8 Å². The molecule has 578 valence electrons. The lowest BCUT2D eigenvalue weighted by Crippen LogP contribution is -2.63. The van der Waals surface area contributed by atoms with Crippen LogP contribution in [0.3, 0.4) is 0 Å². The highest BCUT2D eigenvalue weighted by Crippen LogP contribution is 2.33. The summed E-state index contributed by atoms with van der Waals surface area (Å²) in [5.41, 5.74) is -2.87. The molecular formula is C72H90B3Cl2N9O22. The number of aliphatic hydroxyl groups excluding tert-OH is 1. The summed E-state index contributed by atoms with van der Waals surface area (Å²) in [5.74, 6) is -12.3. The van der Waals surface area contributed by atoms with Gasteiger partial charge in [0.2, 0.25) is 17.7 Å². The fourth-order valence-electron chi connectivity index (χ4n) is 11.7. The maximum Gasteiger partial charge on any atom is 0.552 e. The number of amides is 6. The fraction of sp³-hybridized carbons (Fsp3) is 0.458. The van der Waals surface area contributed by atoms with Crippen molar-refractivity contribution in [3.8, 4) is 11.3 Å². The van der Waals surface area contributed by atoms with Crippen molar-refractivity contribution in [1.82, 2.24) is 46.9 Å². The number of aromatic nitrogens is 3. The fourth-order valence-corrected chi connectivity index (χ4v) is 12.0. The Morgan fingerprint density at radius 3 is 1.44 bits per heavy atom. The third-order valence-electron chi connectivity index (χ3n) is 17.5. The number of carboxylic acid groups (broad SMARTS) is 3. The number of carbonyl (C=O) groups is 12. The first-order valence-electron chi connectivity index (χ1n) is 35.1. The van der Waals surface area contributed by atoms with Crippen LogP contribution in [0.1, 0.15) is 164 Å². The number of pyridine rings is 1. The van der Waals surface area contributed by atoms with Gasteiger partial charge in [0.05, 0.1) is 72.2 Å². The Hall–Kier alpha value is -9.86. The van der Waals surface area contributed by atoms with Crippen molar-refractivity contribution in [1.29, 1.82) is 0 Å². The average Bonchev–Trinajstić information content (AvgIpc) is 0.800. The molecule has 108 heavy (non-hydrogen) atoms. The molecule has 3 aromatic carbocycles. The molecule has 0 aliphatic carbocycles. The Bertz CT molecular complexity index is 3990. The van der Waals surface area contributed by atoms with Gasteiger partial charge in [0, 0.05) is 29.4 Å². The minimum Gasteiger partial charge on any atom is -0.508 e. The molecule has 2 aromatic heterocycles. The molecule has 10 N–H and O–H groups in total. The van der Waals surface area contributed by atoms with Crippen LogP contribution in [0, 0.1) is 17.8 Å². The van der Waals surface area contributed by atoms with E-state index in [1.54, 1.807) is 32.9 Å². The van der Waals surface area contributed by atoms with E-state index >= 15 is 0 Å². The number of aliphatic hydroxyl groups is 1. The van der Waals surface area contributed by atoms with Crippen LogP contribution in [0.2, 0.25) is 10.0 Å². The molecule has 36 heteroatoms. The van der Waals surface area contributed by atoms with Crippen LogP contribution >= 0.6 is 23.2 Å². The maximum absolute atomic E-state index is 13.5. The predicted molar refractivity (Wildman–Crippen MR) is 394 cm³/mol. The Kier molecular flexibility index (Phi) is 32.5. The number of nitrogens with zero attached hydrogens (tertiary/aromatic N) is 3. The number of benzene rings is 3. The summed E-state index contributed by atoms with van der Waals surface area (Å²) in [6, 6.07) is 25.3. The molecule has 0 spiro atoms. The zero-order valence-electron chi connectivity index (χ0n) is 61.4. The molecule has 0 bridgehead atoms. The summed E-state index contributed by atoms with van der Waals surface area (Å²) < 4.78 is 33.1. The Balaban J connectivity index is 0.000000255. The summed E-state index contributed by atoms with van der Waals surface area (Å²) >= 11 is 11.9. The molecule has 3 aliphatic heterocycles. The number of halogens is 2. The average molecular weight is 1540 g/mol. The number of hydrogen-bond acceptors (Lipinski definition) is 22. The van der Waals surface area contributed by atoms with Crippen LogP contribution in [0.4, 0.5) is 0 Å². The molecule has 8 rings (SSSR count). The normalized spacial score (nSPS) is 19.3. The molecule has 31 nitrogen and oxygen atoms in total. The van der Waals surface area contributed by atoms with E-state index in [0.717, 1.165) is 11.1 Å². The third kappa shape index (κ3) is 24.9. The minimum absolute atomic E-state index is 0.00935. The van der Waals surface area contributed by atoms with Crippen molar-refractivity contribution < 1.29 is 106 Å².